The molecule has 0 unspecified atom stereocenters. The van der Waals surface area contributed by atoms with Gasteiger partial charge in [0.25, 0.3) is 0 Å². The predicted octanol–water partition coefficient (Wildman–Crippen LogP) is 4.69. The van der Waals surface area contributed by atoms with Crippen LogP contribution in [0.4, 0.5) is 5.82 Å². The number of nitriles is 1. The summed E-state index contributed by atoms with van der Waals surface area (Å²) in [6.45, 7) is 8.55. The zero-order chi connectivity index (χ0) is 16.6. The van der Waals surface area contributed by atoms with Gasteiger partial charge in [-0.1, -0.05) is 32.9 Å². The topological polar surface area (TPSA) is 53.1 Å². The van der Waals surface area contributed by atoms with Gasteiger partial charge in [-0.15, -0.1) is 0 Å². The number of hydrogen-bond donors (Lipinski definition) is 1. The van der Waals surface area contributed by atoms with Gasteiger partial charge in [0.05, 0.1) is 16.6 Å². The Kier molecular flexibility index (Phi) is 3.96. The maximum Gasteiger partial charge on any atom is 0.157 e. The first-order valence-corrected chi connectivity index (χ1v) is 8.17. The maximum absolute atomic E-state index is 9.69. The number of benzene rings is 1. The molecule has 118 valence electrons. The summed E-state index contributed by atoms with van der Waals surface area (Å²) in [7, 11) is 0. The molecule has 1 N–H and O–H groups in total. The molecule has 0 radical (unpaired) electrons. The third-order valence-corrected chi connectivity index (χ3v) is 4.35. The number of rotatable bonds is 4. The van der Waals surface area contributed by atoms with Crippen molar-refractivity contribution in [3.63, 3.8) is 0 Å². The van der Waals surface area contributed by atoms with Crippen LogP contribution in [0.3, 0.4) is 0 Å². The van der Waals surface area contributed by atoms with Crippen LogP contribution in [-0.4, -0.2) is 15.4 Å². The Hall–Kier alpha value is -2.54. The zero-order valence-electron chi connectivity index (χ0n) is 14.1. The van der Waals surface area contributed by atoms with Crippen molar-refractivity contribution in [1.29, 1.82) is 5.26 Å². The second-order valence-electron chi connectivity index (χ2n) is 6.34. The molecule has 0 aliphatic rings. The second-order valence-corrected chi connectivity index (χ2v) is 6.34. The number of aromatic nitrogens is 2. The molecular weight excluding hydrogens is 284 g/mol. The van der Waals surface area contributed by atoms with E-state index in [9.17, 15) is 5.26 Å². The minimum absolute atomic E-state index is 0.270. The molecule has 0 amide bonds. The van der Waals surface area contributed by atoms with Crippen molar-refractivity contribution in [2.24, 2.45) is 0 Å². The van der Waals surface area contributed by atoms with E-state index in [4.69, 9.17) is 4.98 Å². The highest BCUT2D eigenvalue weighted by Crippen LogP contribution is 2.30. The maximum atomic E-state index is 9.69. The van der Waals surface area contributed by atoms with E-state index in [-0.39, 0.29) is 5.92 Å². The molecule has 23 heavy (non-hydrogen) atoms. The SMILES string of the molecule is CC[C@H](C)Nc1cc(C(C)C)c(C#N)c2nc3ccccc3n12. The van der Waals surface area contributed by atoms with Crippen LogP contribution in [-0.2, 0) is 0 Å². The molecule has 0 bridgehead atoms. The molecule has 4 heteroatoms. The van der Waals surface area contributed by atoms with Crippen LogP contribution in [0.1, 0.15) is 51.2 Å². The lowest BCUT2D eigenvalue weighted by Crippen LogP contribution is -2.17. The third kappa shape index (κ3) is 2.53. The van der Waals surface area contributed by atoms with E-state index in [2.05, 4.69) is 49.5 Å². The van der Waals surface area contributed by atoms with Crippen molar-refractivity contribution in [3.05, 3.63) is 41.5 Å². The Labute approximate surface area is 136 Å². The molecule has 3 rings (SSSR count). The van der Waals surface area contributed by atoms with Crippen LogP contribution < -0.4 is 5.32 Å². The lowest BCUT2D eigenvalue weighted by molar-refractivity contribution is 0.755. The summed E-state index contributed by atoms with van der Waals surface area (Å²) < 4.78 is 2.08. The summed E-state index contributed by atoms with van der Waals surface area (Å²) in [5.74, 6) is 1.28. The highest BCUT2D eigenvalue weighted by Gasteiger charge is 2.18. The first-order valence-electron chi connectivity index (χ1n) is 8.17. The predicted molar refractivity (Wildman–Crippen MR) is 94.9 cm³/mol. The first kappa shape index (κ1) is 15.4. The number of imidazole rings is 1. The van der Waals surface area contributed by atoms with Gasteiger partial charge in [0.2, 0.25) is 0 Å². The van der Waals surface area contributed by atoms with Gasteiger partial charge in [0.1, 0.15) is 11.9 Å². The molecule has 0 saturated heterocycles. The molecule has 4 nitrogen and oxygen atoms in total. The monoisotopic (exact) mass is 306 g/mol. The number of hydrogen-bond acceptors (Lipinski definition) is 3. The van der Waals surface area contributed by atoms with E-state index in [1.165, 1.54) is 0 Å². The summed E-state index contributed by atoms with van der Waals surface area (Å²) in [6, 6.07) is 12.9. The Morgan fingerprint density at radius 3 is 2.65 bits per heavy atom. The van der Waals surface area contributed by atoms with Gasteiger partial charge < -0.3 is 5.32 Å². The Morgan fingerprint density at radius 1 is 1.26 bits per heavy atom. The highest BCUT2D eigenvalue weighted by atomic mass is 15.1. The fourth-order valence-electron chi connectivity index (χ4n) is 2.88. The van der Waals surface area contributed by atoms with E-state index >= 15 is 0 Å². The summed E-state index contributed by atoms with van der Waals surface area (Å²) in [6.07, 6.45) is 1.03. The van der Waals surface area contributed by atoms with Crippen molar-refractivity contribution in [2.45, 2.75) is 46.1 Å². The number of fused-ring (bicyclic) bond motifs is 3. The molecule has 2 heterocycles. The molecular formula is C19H22N4. The van der Waals surface area contributed by atoms with E-state index in [1.54, 1.807) is 0 Å². The van der Waals surface area contributed by atoms with Gasteiger partial charge in [-0.25, -0.2) is 4.98 Å². The highest BCUT2D eigenvalue weighted by molar-refractivity contribution is 5.85. The van der Waals surface area contributed by atoms with Gasteiger partial charge in [0, 0.05) is 6.04 Å². The molecule has 0 fully saturated rings. The summed E-state index contributed by atoms with van der Waals surface area (Å²) in [5.41, 5.74) is 4.40. The number of nitrogens with zero attached hydrogens (tertiary/aromatic N) is 3. The average Bonchev–Trinajstić information content (AvgIpc) is 2.93. The molecule has 0 aliphatic heterocycles. The van der Waals surface area contributed by atoms with Gasteiger partial charge in [-0.2, -0.15) is 5.26 Å². The Balaban J connectivity index is 2.41. The minimum Gasteiger partial charge on any atom is -0.369 e. The van der Waals surface area contributed by atoms with Crippen molar-refractivity contribution in [1.82, 2.24) is 9.38 Å². The first-order chi connectivity index (χ1) is 11.1. The zero-order valence-corrected chi connectivity index (χ0v) is 14.1. The second kappa shape index (κ2) is 5.92. The van der Waals surface area contributed by atoms with Crippen LogP contribution in [0, 0.1) is 11.3 Å². The quantitative estimate of drug-likeness (QED) is 0.760. The van der Waals surface area contributed by atoms with Crippen LogP contribution in [0.25, 0.3) is 16.7 Å². The van der Waals surface area contributed by atoms with Gasteiger partial charge in [-0.05, 0) is 43.0 Å². The van der Waals surface area contributed by atoms with Gasteiger partial charge in [-0.3, -0.25) is 4.40 Å². The molecule has 3 aromatic rings. The van der Waals surface area contributed by atoms with E-state index < -0.39 is 0 Å². The number of pyridine rings is 1. The van der Waals surface area contributed by atoms with E-state index in [1.807, 2.05) is 24.3 Å². The van der Waals surface area contributed by atoms with Crippen molar-refractivity contribution < 1.29 is 0 Å². The van der Waals surface area contributed by atoms with Crippen LogP contribution in [0.2, 0.25) is 0 Å². The van der Waals surface area contributed by atoms with E-state index in [0.717, 1.165) is 34.5 Å². The van der Waals surface area contributed by atoms with Crippen LogP contribution in [0.15, 0.2) is 30.3 Å². The summed E-state index contributed by atoms with van der Waals surface area (Å²) >= 11 is 0. The van der Waals surface area contributed by atoms with Gasteiger partial charge >= 0.3 is 0 Å². The fraction of sp³-hybridized carbons (Fsp3) is 0.368. The lowest BCUT2D eigenvalue weighted by Gasteiger charge is -2.18. The van der Waals surface area contributed by atoms with Crippen LogP contribution >= 0.6 is 0 Å². The molecule has 2 aromatic heterocycles. The average molecular weight is 306 g/mol. The van der Waals surface area contributed by atoms with Crippen molar-refractivity contribution in [2.75, 3.05) is 5.32 Å². The van der Waals surface area contributed by atoms with E-state index in [0.29, 0.717) is 11.6 Å². The Bertz CT molecular complexity index is 899. The standard InChI is InChI=1S/C19H22N4/c1-5-13(4)21-18-10-14(12(2)3)15(11-20)19-22-16-8-6-7-9-17(16)23(18)19/h6-10,12-13,21H,5H2,1-4H3/t13-/m0/s1. The van der Waals surface area contributed by atoms with Gasteiger partial charge in [0.15, 0.2) is 5.65 Å². The largest absolute Gasteiger partial charge is 0.369 e. The summed E-state index contributed by atoms with van der Waals surface area (Å²) in [5, 5.41) is 13.3. The smallest absolute Gasteiger partial charge is 0.157 e. The lowest BCUT2D eigenvalue weighted by atomic mass is 9.99. The molecule has 0 aliphatic carbocycles. The molecule has 0 saturated carbocycles. The third-order valence-electron chi connectivity index (χ3n) is 4.35. The van der Waals surface area contributed by atoms with Crippen LogP contribution in [0.5, 0.6) is 0 Å². The molecule has 1 atom stereocenters. The van der Waals surface area contributed by atoms with Crippen molar-refractivity contribution in [3.8, 4) is 6.07 Å². The molecule has 1 aromatic carbocycles. The summed E-state index contributed by atoms with van der Waals surface area (Å²) in [4.78, 5) is 4.72. The number of para-hydroxylation sites is 2. The molecule has 0 spiro atoms. The minimum atomic E-state index is 0.270. The number of nitrogens with one attached hydrogen (secondary N) is 1. The number of anilines is 1. The van der Waals surface area contributed by atoms with Crippen molar-refractivity contribution >= 4 is 22.5 Å². The normalized spacial score (nSPS) is 12.7. The fourth-order valence-corrected chi connectivity index (χ4v) is 2.88. The Morgan fingerprint density at radius 2 is 2.00 bits per heavy atom.